The molecule has 0 unspecified atom stereocenters. The van der Waals surface area contributed by atoms with Crippen molar-refractivity contribution >= 4 is 0 Å². The van der Waals surface area contributed by atoms with Crippen LogP contribution in [0.4, 0.5) is 0 Å². The van der Waals surface area contributed by atoms with E-state index in [0.29, 0.717) is 0 Å². The first-order valence-corrected chi connectivity index (χ1v) is 7.20. The Kier molecular flexibility index (Phi) is 5.57. The highest BCUT2D eigenvalue weighted by molar-refractivity contribution is 5.37. The molecule has 1 aromatic carbocycles. The third kappa shape index (κ3) is 4.96. The molecule has 0 saturated carbocycles. The third-order valence-corrected chi connectivity index (χ3v) is 3.79. The Labute approximate surface area is 119 Å². The van der Waals surface area contributed by atoms with Gasteiger partial charge in [-0.25, -0.2) is 0 Å². The lowest BCUT2D eigenvalue weighted by atomic mass is 9.88. The summed E-state index contributed by atoms with van der Waals surface area (Å²) in [5.74, 6) is 0. The van der Waals surface area contributed by atoms with Crippen LogP contribution in [0.5, 0.6) is 0 Å². The first kappa shape index (κ1) is 16.2. The van der Waals surface area contributed by atoms with Crippen LogP contribution >= 0.6 is 0 Å². The Morgan fingerprint density at radius 3 is 2.11 bits per heavy atom. The van der Waals surface area contributed by atoms with E-state index in [2.05, 4.69) is 58.7 Å². The summed E-state index contributed by atoms with van der Waals surface area (Å²) >= 11 is 0. The van der Waals surface area contributed by atoms with E-state index in [1.165, 1.54) is 22.3 Å². The van der Waals surface area contributed by atoms with Gasteiger partial charge in [-0.15, -0.1) is 0 Å². The summed E-state index contributed by atoms with van der Waals surface area (Å²) in [7, 11) is 2.21. The molecule has 0 atom stereocenters. The summed E-state index contributed by atoms with van der Waals surface area (Å²) in [5.41, 5.74) is 11.6. The van der Waals surface area contributed by atoms with E-state index >= 15 is 0 Å². The van der Waals surface area contributed by atoms with Gasteiger partial charge in [0.05, 0.1) is 0 Å². The van der Waals surface area contributed by atoms with Gasteiger partial charge in [0.15, 0.2) is 0 Å². The van der Waals surface area contributed by atoms with Crippen molar-refractivity contribution < 1.29 is 0 Å². The largest absolute Gasteiger partial charge is 0.330 e. The van der Waals surface area contributed by atoms with Crippen LogP contribution in [0.3, 0.4) is 0 Å². The fourth-order valence-electron chi connectivity index (χ4n) is 2.99. The molecule has 0 amide bonds. The van der Waals surface area contributed by atoms with Gasteiger partial charge in [0.2, 0.25) is 0 Å². The van der Waals surface area contributed by atoms with Crippen molar-refractivity contribution in [2.45, 2.75) is 47.6 Å². The van der Waals surface area contributed by atoms with Crippen LogP contribution in [0.15, 0.2) is 12.1 Å². The minimum Gasteiger partial charge on any atom is -0.330 e. The van der Waals surface area contributed by atoms with E-state index in [1.807, 2.05) is 0 Å². The highest BCUT2D eigenvalue weighted by Crippen LogP contribution is 2.23. The average molecular weight is 262 g/mol. The number of nitrogens with zero attached hydrogens (tertiary/aromatic N) is 1. The summed E-state index contributed by atoms with van der Waals surface area (Å²) in [6.45, 7) is 14.1. The number of benzene rings is 1. The number of rotatable bonds is 6. The minimum atomic E-state index is 0.288. The maximum absolute atomic E-state index is 5.69. The smallest absolute Gasteiger partial charge is 0.0236 e. The third-order valence-electron chi connectivity index (χ3n) is 3.79. The van der Waals surface area contributed by atoms with Gasteiger partial charge in [0.1, 0.15) is 0 Å². The minimum absolute atomic E-state index is 0.288. The van der Waals surface area contributed by atoms with Crippen LogP contribution in [0.1, 0.15) is 42.5 Å². The molecule has 2 N–H and O–H groups in total. The quantitative estimate of drug-likeness (QED) is 0.851. The molecule has 1 rings (SSSR count). The molecular weight excluding hydrogens is 232 g/mol. The number of hydrogen-bond acceptors (Lipinski definition) is 2. The van der Waals surface area contributed by atoms with Gasteiger partial charge in [-0.3, -0.25) is 0 Å². The fraction of sp³-hybridized carbons (Fsp3) is 0.647. The summed E-state index contributed by atoms with van der Waals surface area (Å²) in [4.78, 5) is 2.42. The Bertz CT molecular complexity index is 398. The molecule has 0 radical (unpaired) electrons. The molecule has 0 aliphatic carbocycles. The molecule has 2 nitrogen and oxygen atoms in total. The van der Waals surface area contributed by atoms with Crippen LogP contribution in [-0.2, 0) is 6.54 Å². The normalized spacial score (nSPS) is 12.2. The maximum Gasteiger partial charge on any atom is 0.0236 e. The molecule has 108 valence electrons. The fourth-order valence-corrected chi connectivity index (χ4v) is 2.99. The summed E-state index contributed by atoms with van der Waals surface area (Å²) in [5, 5.41) is 0. The van der Waals surface area contributed by atoms with Crippen molar-refractivity contribution in [3.8, 4) is 0 Å². The molecule has 0 spiro atoms. The van der Waals surface area contributed by atoms with E-state index < -0.39 is 0 Å². The zero-order chi connectivity index (χ0) is 14.6. The van der Waals surface area contributed by atoms with Crippen molar-refractivity contribution in [2.75, 3.05) is 20.1 Å². The molecule has 2 heteroatoms. The Morgan fingerprint density at radius 1 is 1.11 bits per heavy atom. The van der Waals surface area contributed by atoms with E-state index in [-0.39, 0.29) is 5.41 Å². The maximum atomic E-state index is 5.69. The summed E-state index contributed by atoms with van der Waals surface area (Å²) in [6.07, 6.45) is 1.07. The second kappa shape index (κ2) is 6.53. The lowest BCUT2D eigenvalue weighted by molar-refractivity contribution is 0.194. The molecule has 0 bridgehead atoms. The molecule has 19 heavy (non-hydrogen) atoms. The lowest BCUT2D eigenvalue weighted by Crippen LogP contribution is -2.33. The van der Waals surface area contributed by atoms with Gasteiger partial charge < -0.3 is 10.6 Å². The number of hydrogen-bond donors (Lipinski definition) is 1. The zero-order valence-corrected chi connectivity index (χ0v) is 13.5. The molecule has 1 aromatic rings. The van der Waals surface area contributed by atoms with Gasteiger partial charge in [-0.05, 0) is 62.9 Å². The topological polar surface area (TPSA) is 29.3 Å². The van der Waals surface area contributed by atoms with E-state index in [4.69, 9.17) is 5.73 Å². The standard InChI is InChI=1S/C17H30N2/c1-13-9-14(2)16(15(3)10-13)11-19(6)12-17(4,5)7-8-18/h9-10H,7-8,11-12,18H2,1-6H3. The van der Waals surface area contributed by atoms with Gasteiger partial charge >= 0.3 is 0 Å². The van der Waals surface area contributed by atoms with Crippen molar-refractivity contribution in [3.05, 3.63) is 34.4 Å². The monoisotopic (exact) mass is 262 g/mol. The van der Waals surface area contributed by atoms with Crippen molar-refractivity contribution in [1.82, 2.24) is 4.90 Å². The van der Waals surface area contributed by atoms with Crippen molar-refractivity contribution in [1.29, 1.82) is 0 Å². The predicted octanol–water partition coefficient (Wildman–Crippen LogP) is 3.42. The molecule has 0 aromatic heterocycles. The van der Waals surface area contributed by atoms with Crippen molar-refractivity contribution in [3.63, 3.8) is 0 Å². The highest BCUT2D eigenvalue weighted by atomic mass is 15.1. The summed E-state index contributed by atoms with van der Waals surface area (Å²) < 4.78 is 0. The van der Waals surface area contributed by atoms with E-state index in [1.54, 1.807) is 0 Å². The first-order valence-electron chi connectivity index (χ1n) is 7.20. The highest BCUT2D eigenvalue weighted by Gasteiger charge is 2.19. The second-order valence-corrected chi connectivity index (χ2v) is 6.75. The molecule has 0 aliphatic rings. The molecule has 0 fully saturated rings. The van der Waals surface area contributed by atoms with Gasteiger partial charge in [-0.2, -0.15) is 0 Å². The van der Waals surface area contributed by atoms with Crippen LogP contribution < -0.4 is 5.73 Å². The molecule has 0 saturated heterocycles. The SMILES string of the molecule is Cc1cc(C)c(CN(C)CC(C)(C)CCN)c(C)c1. The molecule has 0 heterocycles. The average Bonchev–Trinajstić information content (AvgIpc) is 2.22. The van der Waals surface area contributed by atoms with Crippen LogP contribution in [0.2, 0.25) is 0 Å². The zero-order valence-electron chi connectivity index (χ0n) is 13.5. The summed E-state index contributed by atoms with van der Waals surface area (Å²) in [6, 6.07) is 4.56. The van der Waals surface area contributed by atoms with Crippen LogP contribution in [0.25, 0.3) is 0 Å². The lowest BCUT2D eigenvalue weighted by Gasteiger charge is -2.30. The van der Waals surface area contributed by atoms with E-state index in [9.17, 15) is 0 Å². The molecular formula is C17H30N2. The number of aryl methyl sites for hydroxylation is 3. The second-order valence-electron chi connectivity index (χ2n) is 6.75. The first-order chi connectivity index (χ1) is 8.75. The predicted molar refractivity (Wildman–Crippen MR) is 84.4 cm³/mol. The van der Waals surface area contributed by atoms with Crippen LogP contribution in [0, 0.1) is 26.2 Å². The van der Waals surface area contributed by atoms with Crippen molar-refractivity contribution in [2.24, 2.45) is 11.1 Å². The van der Waals surface area contributed by atoms with Gasteiger partial charge in [0.25, 0.3) is 0 Å². The van der Waals surface area contributed by atoms with E-state index in [0.717, 1.165) is 26.1 Å². The Balaban J connectivity index is 2.75. The van der Waals surface area contributed by atoms with Crippen LogP contribution in [-0.4, -0.2) is 25.0 Å². The van der Waals surface area contributed by atoms with Gasteiger partial charge in [0, 0.05) is 13.1 Å². The number of nitrogens with two attached hydrogens (primary N) is 1. The van der Waals surface area contributed by atoms with Gasteiger partial charge in [-0.1, -0.05) is 31.5 Å². The Morgan fingerprint density at radius 2 is 1.63 bits per heavy atom. The molecule has 0 aliphatic heterocycles. The Hall–Kier alpha value is -0.860.